The van der Waals surface area contributed by atoms with E-state index >= 15 is 0 Å². The first-order chi connectivity index (χ1) is 15.5. The Morgan fingerprint density at radius 2 is 2.09 bits per heavy atom. The van der Waals surface area contributed by atoms with Crippen molar-refractivity contribution >= 4 is 39.2 Å². The number of sulfonamides is 1. The highest BCUT2D eigenvalue weighted by Gasteiger charge is 2.25. The second kappa shape index (κ2) is 10.2. The van der Waals surface area contributed by atoms with Crippen LogP contribution in [0.2, 0.25) is 5.02 Å². The van der Waals surface area contributed by atoms with Gasteiger partial charge in [-0.1, -0.05) is 11.6 Å². The van der Waals surface area contributed by atoms with Crippen molar-refractivity contribution in [3.8, 4) is 0 Å². The number of esters is 1. The third-order valence-corrected chi connectivity index (χ3v) is 7.30. The molecule has 2 heterocycles. The zero-order valence-corrected chi connectivity index (χ0v) is 20.4. The van der Waals surface area contributed by atoms with Crippen LogP contribution in [0, 0.1) is 13.8 Å². The summed E-state index contributed by atoms with van der Waals surface area (Å²) in [6.07, 6.45) is 0.309. The van der Waals surface area contributed by atoms with Crippen LogP contribution in [0.25, 0.3) is 0 Å². The van der Waals surface area contributed by atoms with Gasteiger partial charge in [-0.05, 0) is 51.8 Å². The summed E-state index contributed by atoms with van der Waals surface area (Å²) in [6, 6.07) is 3.76. The fraction of sp³-hybridized carbons (Fsp3) is 0.476. The molecule has 1 fully saturated rings. The summed E-state index contributed by atoms with van der Waals surface area (Å²) in [4.78, 5) is 24.9. The van der Waals surface area contributed by atoms with Gasteiger partial charge in [0.05, 0.1) is 33.8 Å². The summed E-state index contributed by atoms with van der Waals surface area (Å²) < 4.78 is 40.2. The monoisotopic (exact) mass is 498 g/mol. The number of halogens is 1. The lowest BCUT2D eigenvalue weighted by atomic mass is 10.2. The van der Waals surface area contributed by atoms with E-state index in [0.717, 1.165) is 24.6 Å². The number of hydrogen-bond donors (Lipinski definition) is 2. The van der Waals surface area contributed by atoms with E-state index in [4.69, 9.17) is 21.1 Å². The Hall–Kier alpha value is -2.47. The van der Waals surface area contributed by atoms with Crippen LogP contribution in [0.1, 0.15) is 41.5 Å². The van der Waals surface area contributed by atoms with Crippen molar-refractivity contribution in [2.75, 3.05) is 18.5 Å². The number of aromatic nitrogens is 2. The predicted molar refractivity (Wildman–Crippen MR) is 122 cm³/mol. The summed E-state index contributed by atoms with van der Waals surface area (Å²) in [5.41, 5.74) is 1.88. The summed E-state index contributed by atoms with van der Waals surface area (Å²) in [5.74, 6) is -1.40. The van der Waals surface area contributed by atoms with Crippen molar-refractivity contribution in [2.24, 2.45) is 7.05 Å². The first-order valence-corrected chi connectivity index (χ1v) is 12.3. The highest BCUT2D eigenvalue weighted by atomic mass is 35.5. The summed E-state index contributed by atoms with van der Waals surface area (Å²) >= 11 is 6.08. The Morgan fingerprint density at radius 1 is 1.36 bits per heavy atom. The van der Waals surface area contributed by atoms with E-state index in [0.29, 0.717) is 18.0 Å². The van der Waals surface area contributed by atoms with Crippen molar-refractivity contribution in [1.29, 1.82) is 0 Å². The number of nitrogens with zero attached hydrogens (tertiary/aromatic N) is 2. The molecule has 33 heavy (non-hydrogen) atoms. The lowest BCUT2D eigenvalue weighted by molar-refractivity contribution is -0.123. The van der Waals surface area contributed by atoms with Gasteiger partial charge in [-0.3, -0.25) is 9.48 Å². The van der Waals surface area contributed by atoms with Gasteiger partial charge in [0.15, 0.2) is 6.10 Å². The molecule has 180 valence electrons. The third-order valence-electron chi connectivity index (χ3n) is 5.39. The van der Waals surface area contributed by atoms with E-state index in [1.807, 2.05) is 0 Å². The van der Waals surface area contributed by atoms with Crippen molar-refractivity contribution < 1.29 is 27.5 Å². The Kier molecular flexibility index (Phi) is 7.78. The van der Waals surface area contributed by atoms with Crippen LogP contribution in [0.4, 0.5) is 5.69 Å². The average Bonchev–Trinajstić information content (AvgIpc) is 3.36. The van der Waals surface area contributed by atoms with E-state index in [1.54, 1.807) is 25.6 Å². The summed E-state index contributed by atoms with van der Waals surface area (Å²) in [7, 11) is -2.23. The quantitative estimate of drug-likeness (QED) is 0.534. The minimum atomic E-state index is -3.99. The molecule has 1 aliphatic heterocycles. The summed E-state index contributed by atoms with van der Waals surface area (Å²) in [5, 5.41) is 6.89. The molecule has 1 aromatic heterocycles. The molecule has 12 heteroatoms. The maximum atomic E-state index is 12.7. The molecule has 0 bridgehead atoms. The standard InChI is InChI=1S/C21H27ClN4O6S/c1-12-19(13(2)26(4)25-12)24-20(27)14(3)32-21(28)15-7-8-17(22)18(10-15)33(29,30)23-11-16-6-5-9-31-16/h7-8,10,14,16,23H,5-6,9,11H2,1-4H3,(H,24,27). The molecule has 2 N–H and O–H groups in total. The van der Waals surface area contributed by atoms with E-state index in [-0.39, 0.29) is 28.1 Å². The molecule has 1 aromatic carbocycles. The molecule has 0 radical (unpaired) electrons. The topological polar surface area (TPSA) is 129 Å². The second-order valence-corrected chi connectivity index (χ2v) is 9.98. The predicted octanol–water partition coefficient (Wildman–Crippen LogP) is 2.33. The molecule has 0 spiro atoms. The van der Waals surface area contributed by atoms with Gasteiger partial charge in [0, 0.05) is 20.2 Å². The minimum absolute atomic E-state index is 0.0419. The molecule has 1 amide bonds. The number of benzene rings is 1. The molecule has 2 unspecified atom stereocenters. The van der Waals surface area contributed by atoms with Gasteiger partial charge in [0.1, 0.15) is 4.90 Å². The van der Waals surface area contributed by atoms with Crippen LogP contribution in [-0.4, -0.2) is 55.4 Å². The number of amides is 1. The van der Waals surface area contributed by atoms with Crippen LogP contribution in [-0.2, 0) is 31.3 Å². The maximum absolute atomic E-state index is 12.7. The Bertz CT molecular complexity index is 1160. The molecule has 1 saturated heterocycles. The Morgan fingerprint density at radius 3 is 2.70 bits per heavy atom. The highest BCUT2D eigenvalue weighted by Crippen LogP contribution is 2.24. The molecular weight excluding hydrogens is 472 g/mol. The SMILES string of the molecule is Cc1nn(C)c(C)c1NC(=O)C(C)OC(=O)c1ccc(Cl)c(S(=O)(=O)NCC2CCCO2)c1. The Labute approximate surface area is 197 Å². The van der Waals surface area contributed by atoms with Crippen molar-refractivity contribution in [2.45, 2.75) is 50.7 Å². The summed E-state index contributed by atoms with van der Waals surface area (Å²) in [6.45, 7) is 5.68. The van der Waals surface area contributed by atoms with Gasteiger partial charge in [-0.25, -0.2) is 17.9 Å². The molecule has 2 aromatic rings. The average molecular weight is 499 g/mol. The van der Waals surface area contributed by atoms with Gasteiger partial charge < -0.3 is 14.8 Å². The van der Waals surface area contributed by atoms with Crippen LogP contribution < -0.4 is 10.0 Å². The van der Waals surface area contributed by atoms with E-state index in [9.17, 15) is 18.0 Å². The van der Waals surface area contributed by atoms with E-state index < -0.39 is 28.0 Å². The number of rotatable bonds is 8. The maximum Gasteiger partial charge on any atom is 0.338 e. The normalized spacial score (nSPS) is 17.1. The lowest BCUT2D eigenvalue weighted by Crippen LogP contribution is -2.32. The number of carbonyl (C=O) groups is 2. The van der Waals surface area contributed by atoms with Gasteiger partial charge in [0.2, 0.25) is 10.0 Å². The van der Waals surface area contributed by atoms with Gasteiger partial charge in [-0.15, -0.1) is 0 Å². The number of carbonyl (C=O) groups excluding carboxylic acids is 2. The fourth-order valence-corrected chi connectivity index (χ4v) is 4.97. The van der Waals surface area contributed by atoms with Gasteiger partial charge >= 0.3 is 5.97 Å². The fourth-order valence-electron chi connectivity index (χ4n) is 3.38. The number of anilines is 1. The number of nitrogens with one attached hydrogen (secondary N) is 2. The Balaban J connectivity index is 1.68. The van der Waals surface area contributed by atoms with E-state index in [1.165, 1.54) is 19.1 Å². The minimum Gasteiger partial charge on any atom is -0.449 e. The zero-order valence-electron chi connectivity index (χ0n) is 18.8. The number of hydrogen-bond acceptors (Lipinski definition) is 7. The van der Waals surface area contributed by atoms with Crippen LogP contribution in [0.15, 0.2) is 23.1 Å². The zero-order chi connectivity index (χ0) is 24.3. The molecule has 3 rings (SSSR count). The van der Waals surface area contributed by atoms with Gasteiger partial charge in [0.25, 0.3) is 5.91 Å². The molecular formula is C21H27ClN4O6S. The number of ether oxygens (including phenoxy) is 2. The van der Waals surface area contributed by atoms with Crippen LogP contribution in [0.5, 0.6) is 0 Å². The first-order valence-electron chi connectivity index (χ1n) is 10.4. The molecule has 10 nitrogen and oxygen atoms in total. The van der Waals surface area contributed by atoms with Crippen molar-refractivity contribution in [3.05, 3.63) is 40.2 Å². The highest BCUT2D eigenvalue weighted by molar-refractivity contribution is 7.89. The van der Waals surface area contributed by atoms with Crippen LogP contribution in [0.3, 0.4) is 0 Å². The molecule has 0 aliphatic carbocycles. The van der Waals surface area contributed by atoms with Crippen LogP contribution >= 0.6 is 11.6 Å². The first kappa shape index (κ1) is 25.2. The second-order valence-electron chi connectivity index (χ2n) is 7.84. The largest absolute Gasteiger partial charge is 0.449 e. The number of aryl methyl sites for hydroxylation is 2. The van der Waals surface area contributed by atoms with Gasteiger partial charge in [-0.2, -0.15) is 5.10 Å². The smallest absolute Gasteiger partial charge is 0.338 e. The van der Waals surface area contributed by atoms with Crippen molar-refractivity contribution in [3.63, 3.8) is 0 Å². The lowest BCUT2D eigenvalue weighted by Gasteiger charge is -2.15. The van der Waals surface area contributed by atoms with Crippen molar-refractivity contribution in [1.82, 2.24) is 14.5 Å². The molecule has 2 atom stereocenters. The molecule has 0 saturated carbocycles. The molecule has 1 aliphatic rings. The third kappa shape index (κ3) is 5.91. The van der Waals surface area contributed by atoms with E-state index in [2.05, 4.69) is 15.1 Å².